The highest BCUT2D eigenvalue weighted by atomic mass is 32.2. The average molecular weight is 360 g/mol. The summed E-state index contributed by atoms with van der Waals surface area (Å²) in [6, 6.07) is 9.18. The lowest BCUT2D eigenvalue weighted by atomic mass is 10.2. The normalized spacial score (nSPS) is 12.1. The fraction of sp³-hybridized carbons (Fsp3) is 0. The number of nitrogens with zero attached hydrogens (tertiary/aromatic N) is 1. The predicted octanol–water partition coefficient (Wildman–Crippen LogP) is 2.39. The van der Waals surface area contributed by atoms with Gasteiger partial charge in [-0.05, 0) is 30.3 Å². The minimum atomic E-state index is -3.89. The average Bonchev–Trinajstić information content (AvgIpc) is 2.96. The van der Waals surface area contributed by atoms with Gasteiger partial charge in [0.2, 0.25) is 15.9 Å². The number of sulfonamides is 1. The zero-order valence-corrected chi connectivity index (χ0v) is 13.2. The summed E-state index contributed by atoms with van der Waals surface area (Å²) < 4.78 is 46.6. The molecule has 2 aromatic carbocycles. The van der Waals surface area contributed by atoms with E-state index in [2.05, 4.69) is 4.98 Å². The summed E-state index contributed by atoms with van der Waals surface area (Å²) in [5.74, 6) is -0.567. The van der Waals surface area contributed by atoms with Crippen LogP contribution in [0, 0.1) is 5.82 Å². The van der Waals surface area contributed by atoms with Crippen LogP contribution in [-0.2, 0) is 10.0 Å². The first-order valence-electron chi connectivity index (χ1n) is 6.98. The van der Waals surface area contributed by atoms with Crippen LogP contribution in [0.2, 0.25) is 0 Å². The van der Waals surface area contributed by atoms with E-state index in [-0.39, 0.29) is 27.5 Å². The van der Waals surface area contributed by atoms with Crippen LogP contribution in [0.25, 0.3) is 33.5 Å². The molecule has 0 amide bonds. The van der Waals surface area contributed by atoms with E-state index in [1.165, 1.54) is 36.4 Å². The lowest BCUT2D eigenvalue weighted by Crippen LogP contribution is -2.11. The van der Waals surface area contributed by atoms with Crippen LogP contribution >= 0.6 is 0 Å². The quantitative estimate of drug-likeness (QED) is 0.549. The fourth-order valence-corrected chi connectivity index (χ4v) is 2.96. The maximum absolute atomic E-state index is 13.2. The van der Waals surface area contributed by atoms with Gasteiger partial charge < -0.3 is 8.83 Å². The molecule has 0 spiro atoms. The Kier molecular flexibility index (Phi) is 3.24. The molecule has 2 heterocycles. The van der Waals surface area contributed by atoms with E-state index in [4.69, 9.17) is 14.0 Å². The van der Waals surface area contributed by atoms with Crippen LogP contribution in [0.5, 0.6) is 0 Å². The molecule has 2 N–H and O–H groups in total. The Balaban J connectivity index is 1.92. The van der Waals surface area contributed by atoms with Crippen LogP contribution in [-0.4, -0.2) is 13.4 Å². The number of hydrogen-bond acceptors (Lipinski definition) is 6. The van der Waals surface area contributed by atoms with Crippen LogP contribution < -0.4 is 10.8 Å². The molecule has 0 radical (unpaired) electrons. The highest BCUT2D eigenvalue weighted by Crippen LogP contribution is 2.26. The first kappa shape index (κ1) is 15.5. The van der Waals surface area contributed by atoms with Crippen molar-refractivity contribution in [2.45, 2.75) is 4.90 Å². The van der Waals surface area contributed by atoms with E-state index in [1.807, 2.05) is 0 Å². The van der Waals surface area contributed by atoms with Gasteiger partial charge in [0.25, 0.3) is 0 Å². The molecular formula is C16H9FN2O5S. The Morgan fingerprint density at radius 3 is 2.56 bits per heavy atom. The molecule has 25 heavy (non-hydrogen) atoms. The minimum absolute atomic E-state index is 0.0347. The Labute approximate surface area is 139 Å². The SMILES string of the molecule is NS(=O)(=O)c1ccc2nc(-c3cc4ccc(F)cc4oc3=O)oc2c1. The number of benzene rings is 2. The molecule has 0 aliphatic rings. The third kappa shape index (κ3) is 2.69. The Morgan fingerprint density at radius 1 is 1.00 bits per heavy atom. The van der Waals surface area contributed by atoms with Gasteiger partial charge in [-0.3, -0.25) is 0 Å². The molecule has 0 bridgehead atoms. The van der Waals surface area contributed by atoms with Crippen molar-refractivity contribution in [3.63, 3.8) is 0 Å². The molecule has 2 aromatic heterocycles. The van der Waals surface area contributed by atoms with Crippen molar-refractivity contribution in [1.82, 2.24) is 4.98 Å². The second kappa shape index (κ2) is 5.23. The third-order valence-corrected chi connectivity index (χ3v) is 4.53. The van der Waals surface area contributed by atoms with Crippen molar-refractivity contribution >= 4 is 32.1 Å². The number of oxazole rings is 1. The number of primary sulfonamides is 1. The minimum Gasteiger partial charge on any atom is -0.436 e. The summed E-state index contributed by atoms with van der Waals surface area (Å²) in [5, 5.41) is 5.57. The van der Waals surface area contributed by atoms with Crippen LogP contribution in [0.1, 0.15) is 0 Å². The number of halogens is 1. The zero-order valence-electron chi connectivity index (χ0n) is 12.4. The van der Waals surface area contributed by atoms with Crippen LogP contribution in [0.3, 0.4) is 0 Å². The molecule has 9 heteroatoms. The largest absolute Gasteiger partial charge is 0.436 e. The van der Waals surface area contributed by atoms with Crippen molar-refractivity contribution in [3.8, 4) is 11.5 Å². The van der Waals surface area contributed by atoms with Gasteiger partial charge in [0.05, 0.1) is 4.90 Å². The second-order valence-electron chi connectivity index (χ2n) is 5.32. The summed E-state index contributed by atoms with van der Waals surface area (Å²) >= 11 is 0. The van der Waals surface area contributed by atoms with E-state index in [1.54, 1.807) is 0 Å². The monoisotopic (exact) mass is 360 g/mol. The third-order valence-electron chi connectivity index (χ3n) is 3.62. The van der Waals surface area contributed by atoms with Gasteiger partial charge in [-0.2, -0.15) is 0 Å². The van der Waals surface area contributed by atoms with E-state index in [9.17, 15) is 17.6 Å². The smallest absolute Gasteiger partial charge is 0.349 e. The molecule has 4 aromatic rings. The maximum atomic E-state index is 13.2. The summed E-state index contributed by atoms with van der Waals surface area (Å²) in [6.45, 7) is 0. The van der Waals surface area contributed by atoms with Gasteiger partial charge >= 0.3 is 5.63 Å². The number of hydrogen-bond donors (Lipinski definition) is 1. The number of rotatable bonds is 2. The van der Waals surface area contributed by atoms with Crippen LogP contribution in [0.4, 0.5) is 4.39 Å². The number of fused-ring (bicyclic) bond motifs is 2. The molecular weight excluding hydrogens is 351 g/mol. The number of nitrogens with two attached hydrogens (primary N) is 1. The van der Waals surface area contributed by atoms with Crippen molar-refractivity contribution < 1.29 is 21.6 Å². The predicted molar refractivity (Wildman–Crippen MR) is 86.8 cm³/mol. The molecule has 0 fully saturated rings. The Hall–Kier alpha value is -3.04. The van der Waals surface area contributed by atoms with E-state index >= 15 is 0 Å². The summed E-state index contributed by atoms with van der Waals surface area (Å²) in [6.07, 6.45) is 0. The summed E-state index contributed by atoms with van der Waals surface area (Å²) in [5.41, 5.74) is -0.119. The highest BCUT2D eigenvalue weighted by Gasteiger charge is 2.17. The zero-order chi connectivity index (χ0) is 17.8. The van der Waals surface area contributed by atoms with E-state index < -0.39 is 21.5 Å². The van der Waals surface area contributed by atoms with Crippen LogP contribution in [0.15, 0.2) is 61.0 Å². The summed E-state index contributed by atoms with van der Waals surface area (Å²) in [7, 11) is -3.89. The highest BCUT2D eigenvalue weighted by molar-refractivity contribution is 7.89. The lowest BCUT2D eigenvalue weighted by molar-refractivity contribution is 0.548. The lowest BCUT2D eigenvalue weighted by Gasteiger charge is -1.99. The molecule has 4 rings (SSSR count). The van der Waals surface area contributed by atoms with Gasteiger partial charge in [0.1, 0.15) is 22.5 Å². The maximum Gasteiger partial charge on any atom is 0.349 e. The van der Waals surface area contributed by atoms with Crippen molar-refractivity contribution in [2.75, 3.05) is 0 Å². The topological polar surface area (TPSA) is 116 Å². The first-order valence-corrected chi connectivity index (χ1v) is 8.53. The molecule has 0 unspecified atom stereocenters. The second-order valence-corrected chi connectivity index (χ2v) is 6.88. The molecule has 0 saturated carbocycles. The van der Waals surface area contributed by atoms with Crippen molar-refractivity contribution in [2.24, 2.45) is 5.14 Å². The Bertz CT molecular complexity index is 1310. The molecule has 0 aliphatic heterocycles. The fourth-order valence-electron chi connectivity index (χ4n) is 2.43. The molecule has 0 aliphatic carbocycles. The molecule has 7 nitrogen and oxygen atoms in total. The first-order chi connectivity index (χ1) is 11.8. The standard InChI is InChI=1S/C16H9FN2O5S/c17-9-2-1-8-5-11(16(20)24-13(8)6-9)15-19-12-4-3-10(25(18,21)22)7-14(12)23-15/h1-7H,(H2,18,21,22). The van der Waals surface area contributed by atoms with Gasteiger partial charge in [-0.1, -0.05) is 0 Å². The van der Waals surface area contributed by atoms with Gasteiger partial charge in [0, 0.05) is 17.5 Å². The van der Waals surface area contributed by atoms with Gasteiger partial charge in [-0.25, -0.2) is 27.7 Å². The molecule has 126 valence electrons. The van der Waals surface area contributed by atoms with E-state index in [0.717, 1.165) is 6.07 Å². The summed E-state index contributed by atoms with van der Waals surface area (Å²) in [4.78, 5) is 16.2. The van der Waals surface area contributed by atoms with Gasteiger partial charge in [0.15, 0.2) is 5.58 Å². The van der Waals surface area contributed by atoms with Crippen molar-refractivity contribution in [3.05, 3.63) is 58.7 Å². The van der Waals surface area contributed by atoms with Gasteiger partial charge in [-0.15, -0.1) is 0 Å². The molecule has 0 atom stereocenters. The molecule has 0 saturated heterocycles. The van der Waals surface area contributed by atoms with E-state index in [0.29, 0.717) is 10.9 Å². The number of aromatic nitrogens is 1. The Morgan fingerprint density at radius 2 is 1.80 bits per heavy atom. The van der Waals surface area contributed by atoms with Crippen molar-refractivity contribution in [1.29, 1.82) is 0 Å².